The molecule has 0 radical (unpaired) electrons. The Labute approximate surface area is 166 Å². The molecule has 0 aromatic carbocycles. The number of pyridine rings is 1. The van der Waals surface area contributed by atoms with Crippen molar-refractivity contribution in [2.45, 2.75) is 30.9 Å². The highest BCUT2D eigenvalue weighted by atomic mass is 32.2. The van der Waals surface area contributed by atoms with Crippen LogP contribution in [0, 0.1) is 0 Å². The van der Waals surface area contributed by atoms with Crippen LogP contribution in [-0.2, 0) is 14.8 Å². The van der Waals surface area contributed by atoms with E-state index in [-0.39, 0.29) is 12.5 Å². The summed E-state index contributed by atoms with van der Waals surface area (Å²) in [5.41, 5.74) is 0.521. The Morgan fingerprint density at radius 2 is 1.79 bits per heavy atom. The van der Waals surface area contributed by atoms with Crippen molar-refractivity contribution in [2.24, 2.45) is 0 Å². The van der Waals surface area contributed by atoms with Gasteiger partial charge in [-0.1, -0.05) is 0 Å². The smallest absolute Gasteiger partial charge is 0.255 e. The van der Waals surface area contributed by atoms with Crippen LogP contribution in [-0.4, -0.2) is 86.2 Å². The maximum atomic E-state index is 13.0. The number of carbonyl (C=O) groups excluding carboxylic acids is 1. The van der Waals surface area contributed by atoms with Gasteiger partial charge in [0.25, 0.3) is 5.91 Å². The van der Waals surface area contributed by atoms with Crippen LogP contribution in [0.5, 0.6) is 0 Å². The average Bonchev–Trinajstić information content (AvgIpc) is 3.29. The van der Waals surface area contributed by atoms with Crippen LogP contribution in [0.25, 0.3) is 0 Å². The van der Waals surface area contributed by atoms with Gasteiger partial charge in [0, 0.05) is 45.5 Å². The summed E-state index contributed by atoms with van der Waals surface area (Å²) in [5, 5.41) is -0.542. The number of amides is 1. The van der Waals surface area contributed by atoms with E-state index in [1.807, 2.05) is 12.1 Å². The number of sulfonamides is 1. The Balaban J connectivity index is 1.43. The van der Waals surface area contributed by atoms with E-state index < -0.39 is 15.3 Å². The van der Waals surface area contributed by atoms with Gasteiger partial charge in [0.15, 0.2) is 0 Å². The fourth-order valence-corrected chi connectivity index (χ4v) is 6.12. The topological polar surface area (TPSA) is 83.1 Å². The molecule has 0 unspecified atom stereocenters. The first-order valence-electron chi connectivity index (χ1n) is 10.1. The molecule has 3 fully saturated rings. The molecule has 9 heteroatoms. The summed E-state index contributed by atoms with van der Waals surface area (Å²) in [6, 6.07) is 3.70. The number of anilines is 1. The second-order valence-electron chi connectivity index (χ2n) is 7.67. The molecule has 28 heavy (non-hydrogen) atoms. The Morgan fingerprint density at radius 3 is 2.46 bits per heavy atom. The van der Waals surface area contributed by atoms with Crippen LogP contribution in [0.4, 0.5) is 5.82 Å². The van der Waals surface area contributed by atoms with Crippen molar-refractivity contribution in [1.29, 1.82) is 0 Å². The third-order valence-electron chi connectivity index (χ3n) is 5.84. The van der Waals surface area contributed by atoms with Crippen LogP contribution < -0.4 is 4.90 Å². The summed E-state index contributed by atoms with van der Waals surface area (Å²) in [7, 11) is -3.41. The number of ether oxygens (including phenoxy) is 1. The third kappa shape index (κ3) is 4.01. The Hall–Kier alpha value is -1.71. The molecule has 0 spiro atoms. The number of carbonyl (C=O) groups is 1. The van der Waals surface area contributed by atoms with E-state index in [4.69, 9.17) is 4.74 Å². The lowest BCUT2D eigenvalue weighted by atomic mass is 10.1. The zero-order valence-electron chi connectivity index (χ0n) is 16.1. The van der Waals surface area contributed by atoms with Crippen molar-refractivity contribution in [3.63, 3.8) is 0 Å². The molecule has 1 aromatic heterocycles. The number of rotatable bonds is 4. The molecule has 0 bridgehead atoms. The van der Waals surface area contributed by atoms with Gasteiger partial charge in [-0.05, 0) is 37.8 Å². The number of likely N-dealkylation sites (tertiary alicyclic amines) is 1. The van der Waals surface area contributed by atoms with E-state index in [1.54, 1.807) is 11.1 Å². The van der Waals surface area contributed by atoms with Crippen molar-refractivity contribution < 1.29 is 17.9 Å². The summed E-state index contributed by atoms with van der Waals surface area (Å²) in [5.74, 6) is 0.766. The summed E-state index contributed by atoms with van der Waals surface area (Å²) < 4.78 is 32.7. The van der Waals surface area contributed by atoms with E-state index in [2.05, 4.69) is 9.88 Å². The molecule has 4 rings (SSSR count). The summed E-state index contributed by atoms with van der Waals surface area (Å²) in [6.45, 7) is 4.51. The molecular weight excluding hydrogens is 380 g/mol. The molecule has 4 heterocycles. The zero-order valence-corrected chi connectivity index (χ0v) is 16.9. The van der Waals surface area contributed by atoms with E-state index in [1.165, 1.54) is 17.1 Å². The Bertz CT molecular complexity index is 787. The van der Waals surface area contributed by atoms with Gasteiger partial charge < -0.3 is 14.5 Å². The summed E-state index contributed by atoms with van der Waals surface area (Å²) >= 11 is 0. The molecule has 1 atom stereocenters. The minimum Gasteiger partial charge on any atom is -0.379 e. The lowest BCUT2D eigenvalue weighted by molar-refractivity contribution is 0.0685. The number of hydrogen-bond donors (Lipinski definition) is 0. The minimum absolute atomic E-state index is 0.137. The number of aromatic nitrogens is 1. The van der Waals surface area contributed by atoms with Gasteiger partial charge in [-0.25, -0.2) is 13.4 Å². The van der Waals surface area contributed by atoms with E-state index >= 15 is 0 Å². The quantitative estimate of drug-likeness (QED) is 0.738. The highest BCUT2D eigenvalue weighted by Gasteiger charge is 2.37. The summed E-state index contributed by atoms with van der Waals surface area (Å²) in [6.07, 6.45) is 5.26. The predicted octanol–water partition coefficient (Wildman–Crippen LogP) is 0.948. The number of morpholine rings is 1. The predicted molar refractivity (Wildman–Crippen MR) is 106 cm³/mol. The van der Waals surface area contributed by atoms with Gasteiger partial charge in [-0.3, -0.25) is 4.79 Å². The summed E-state index contributed by atoms with van der Waals surface area (Å²) in [4.78, 5) is 21.3. The average molecular weight is 409 g/mol. The first kappa shape index (κ1) is 19.6. The lowest BCUT2D eigenvalue weighted by Crippen LogP contribution is -2.51. The molecular formula is C19H28N4O4S. The minimum atomic E-state index is -3.41. The van der Waals surface area contributed by atoms with Gasteiger partial charge >= 0.3 is 0 Å². The van der Waals surface area contributed by atoms with Crippen molar-refractivity contribution in [2.75, 3.05) is 57.4 Å². The number of nitrogens with zero attached hydrogens (tertiary/aromatic N) is 4. The first-order valence-corrected chi connectivity index (χ1v) is 11.6. The molecule has 0 saturated carbocycles. The van der Waals surface area contributed by atoms with Gasteiger partial charge in [0.2, 0.25) is 10.0 Å². The van der Waals surface area contributed by atoms with Gasteiger partial charge in [0.1, 0.15) is 5.82 Å². The monoisotopic (exact) mass is 408 g/mol. The first-order chi connectivity index (χ1) is 13.6. The Kier molecular flexibility index (Phi) is 5.84. The zero-order chi connectivity index (χ0) is 19.6. The fraction of sp³-hybridized carbons (Fsp3) is 0.684. The van der Waals surface area contributed by atoms with Crippen LogP contribution in [0.1, 0.15) is 36.0 Å². The molecule has 1 amide bonds. The maximum absolute atomic E-state index is 13.0. The molecule has 3 saturated heterocycles. The maximum Gasteiger partial charge on any atom is 0.255 e. The molecule has 154 valence electrons. The van der Waals surface area contributed by atoms with Crippen molar-refractivity contribution in [1.82, 2.24) is 14.2 Å². The molecule has 1 aromatic rings. The molecule has 8 nitrogen and oxygen atoms in total. The van der Waals surface area contributed by atoms with Crippen molar-refractivity contribution in [3.05, 3.63) is 23.9 Å². The van der Waals surface area contributed by atoms with Gasteiger partial charge in [-0.2, -0.15) is 4.31 Å². The highest BCUT2D eigenvalue weighted by molar-refractivity contribution is 7.89. The fourth-order valence-electron chi connectivity index (χ4n) is 4.21. The number of piperidine rings is 1. The van der Waals surface area contributed by atoms with Crippen LogP contribution >= 0.6 is 0 Å². The molecule has 0 aliphatic carbocycles. The van der Waals surface area contributed by atoms with Crippen molar-refractivity contribution >= 4 is 21.7 Å². The SMILES string of the molecule is O=C(c1ccc(N2CCCC2)nc1)N1CCC[C@@H](S(=O)(=O)N2CCOCC2)C1. The van der Waals surface area contributed by atoms with E-state index in [9.17, 15) is 13.2 Å². The Morgan fingerprint density at radius 1 is 1.04 bits per heavy atom. The molecule has 3 aliphatic rings. The second-order valence-corrected chi connectivity index (χ2v) is 9.88. The lowest BCUT2D eigenvalue weighted by Gasteiger charge is -2.36. The standard InChI is InChI=1S/C19H28N4O4S/c24-19(16-5-6-18(20-14-16)21-7-1-2-8-21)22-9-3-4-17(15-22)28(25,26)23-10-12-27-13-11-23/h5-6,14,17H,1-4,7-13,15H2/t17-/m1/s1. The van der Waals surface area contributed by atoms with Gasteiger partial charge in [-0.15, -0.1) is 0 Å². The largest absolute Gasteiger partial charge is 0.379 e. The molecule has 0 N–H and O–H groups in total. The molecule has 3 aliphatic heterocycles. The van der Waals surface area contributed by atoms with E-state index in [0.717, 1.165) is 18.9 Å². The van der Waals surface area contributed by atoms with Crippen LogP contribution in [0.2, 0.25) is 0 Å². The van der Waals surface area contributed by atoms with Crippen molar-refractivity contribution in [3.8, 4) is 0 Å². The van der Waals surface area contributed by atoms with E-state index in [0.29, 0.717) is 51.3 Å². The van der Waals surface area contributed by atoms with Crippen LogP contribution in [0.3, 0.4) is 0 Å². The van der Waals surface area contributed by atoms with Crippen LogP contribution in [0.15, 0.2) is 18.3 Å². The normalized spacial score (nSPS) is 24.5. The highest BCUT2D eigenvalue weighted by Crippen LogP contribution is 2.23. The number of hydrogen-bond acceptors (Lipinski definition) is 6. The second kappa shape index (κ2) is 8.34. The third-order valence-corrected chi connectivity index (χ3v) is 8.15. The van der Waals surface area contributed by atoms with Gasteiger partial charge in [0.05, 0.1) is 24.0 Å².